The van der Waals surface area contributed by atoms with E-state index in [0.29, 0.717) is 0 Å². The molecule has 1 N–H and O–H groups in total. The highest BCUT2D eigenvalue weighted by atomic mass is 15.4. The van der Waals surface area contributed by atoms with E-state index >= 15 is 0 Å². The van der Waals surface area contributed by atoms with Crippen LogP contribution < -0.4 is 5.32 Å². The van der Waals surface area contributed by atoms with E-state index in [1.54, 1.807) is 0 Å². The first kappa shape index (κ1) is 9.59. The summed E-state index contributed by atoms with van der Waals surface area (Å²) in [4.78, 5) is 0. The molecule has 3 heterocycles. The summed E-state index contributed by atoms with van der Waals surface area (Å²) >= 11 is 0. The van der Waals surface area contributed by atoms with Crippen LogP contribution in [0, 0.1) is 0 Å². The van der Waals surface area contributed by atoms with Crippen LogP contribution in [0.3, 0.4) is 0 Å². The van der Waals surface area contributed by atoms with Crippen molar-refractivity contribution >= 4 is 0 Å². The molecule has 3 rings (SSSR count). The molecule has 2 aromatic heterocycles. The molecular weight excluding hydrogens is 202 g/mol. The summed E-state index contributed by atoms with van der Waals surface area (Å²) in [5, 5.41) is 12.1. The summed E-state index contributed by atoms with van der Waals surface area (Å²) in [6.07, 6.45) is 11.7. The molecule has 1 aliphatic rings. The molecule has 0 radical (unpaired) electrons. The van der Waals surface area contributed by atoms with Crippen LogP contribution in [0.5, 0.6) is 0 Å². The lowest BCUT2D eigenvalue weighted by atomic mass is 10.1. The van der Waals surface area contributed by atoms with Gasteiger partial charge in [-0.25, -0.2) is 0 Å². The topological polar surface area (TPSA) is 47.7 Å². The molecule has 0 amide bonds. The van der Waals surface area contributed by atoms with Crippen molar-refractivity contribution in [1.29, 1.82) is 0 Å². The third-order valence-electron chi connectivity index (χ3n) is 3.03. The third kappa shape index (κ3) is 1.74. The molecule has 2 unspecified atom stereocenters. The highest BCUT2D eigenvalue weighted by Gasteiger charge is 2.23. The molecule has 2 aromatic rings. The molecule has 0 spiro atoms. The van der Waals surface area contributed by atoms with Crippen molar-refractivity contribution in [2.75, 3.05) is 0 Å². The summed E-state index contributed by atoms with van der Waals surface area (Å²) in [7, 11) is 0. The Labute approximate surface area is 94.1 Å². The third-order valence-corrected chi connectivity index (χ3v) is 3.03. The van der Waals surface area contributed by atoms with Crippen molar-refractivity contribution < 1.29 is 0 Å². The summed E-state index contributed by atoms with van der Waals surface area (Å²) in [5.41, 5.74) is 0. The molecule has 0 saturated carbocycles. The van der Waals surface area contributed by atoms with Gasteiger partial charge in [0.2, 0.25) is 0 Å². The lowest BCUT2D eigenvalue weighted by molar-refractivity contribution is 0.188. The predicted octanol–water partition coefficient (Wildman–Crippen LogP) is 1.55. The number of aromatic nitrogens is 4. The van der Waals surface area contributed by atoms with Crippen molar-refractivity contribution in [3.05, 3.63) is 36.9 Å². The van der Waals surface area contributed by atoms with Crippen LogP contribution >= 0.6 is 0 Å². The number of nitrogens with zero attached hydrogens (tertiary/aromatic N) is 4. The molecule has 1 fully saturated rings. The summed E-state index contributed by atoms with van der Waals surface area (Å²) in [6.45, 7) is 0. The Morgan fingerprint density at radius 1 is 0.938 bits per heavy atom. The van der Waals surface area contributed by atoms with Gasteiger partial charge in [-0.1, -0.05) is 0 Å². The standard InChI is InChI=1S/C11H15N5/c1-4-10(15-8-2-6-12-15)14-11(5-1)16-9-3-7-13-16/h2-3,6-11,14H,1,4-5H2. The van der Waals surface area contributed by atoms with Gasteiger partial charge in [-0.15, -0.1) is 0 Å². The zero-order valence-corrected chi connectivity index (χ0v) is 9.03. The van der Waals surface area contributed by atoms with Crippen LogP contribution in [0.2, 0.25) is 0 Å². The Bertz CT molecular complexity index is 379. The zero-order valence-electron chi connectivity index (χ0n) is 9.03. The van der Waals surface area contributed by atoms with E-state index in [-0.39, 0.29) is 12.3 Å². The highest BCUT2D eigenvalue weighted by Crippen LogP contribution is 2.24. The number of hydrogen-bond acceptors (Lipinski definition) is 3. The second kappa shape index (κ2) is 4.09. The van der Waals surface area contributed by atoms with Gasteiger partial charge in [0.25, 0.3) is 0 Å². The van der Waals surface area contributed by atoms with Gasteiger partial charge in [0.1, 0.15) is 12.3 Å². The van der Waals surface area contributed by atoms with E-state index < -0.39 is 0 Å². The first-order chi connectivity index (χ1) is 7.93. The minimum absolute atomic E-state index is 0.290. The summed E-state index contributed by atoms with van der Waals surface area (Å²) < 4.78 is 3.96. The fourth-order valence-electron chi connectivity index (χ4n) is 2.24. The second-order valence-electron chi connectivity index (χ2n) is 4.10. The lowest BCUT2D eigenvalue weighted by Crippen LogP contribution is -2.37. The summed E-state index contributed by atoms with van der Waals surface area (Å²) in [6, 6.07) is 3.92. The maximum atomic E-state index is 4.28. The molecule has 84 valence electrons. The van der Waals surface area contributed by atoms with Crippen LogP contribution in [0.25, 0.3) is 0 Å². The van der Waals surface area contributed by atoms with Crippen LogP contribution in [-0.4, -0.2) is 19.6 Å². The van der Waals surface area contributed by atoms with Gasteiger partial charge in [-0.2, -0.15) is 10.2 Å². The molecule has 0 bridgehead atoms. The smallest absolute Gasteiger partial charge is 0.103 e. The Morgan fingerprint density at radius 2 is 1.50 bits per heavy atom. The largest absolute Gasteiger partial charge is 0.274 e. The van der Waals surface area contributed by atoms with E-state index in [2.05, 4.69) is 15.5 Å². The van der Waals surface area contributed by atoms with Gasteiger partial charge in [-0.05, 0) is 31.4 Å². The van der Waals surface area contributed by atoms with Gasteiger partial charge >= 0.3 is 0 Å². The van der Waals surface area contributed by atoms with Gasteiger partial charge in [0.05, 0.1) is 0 Å². The van der Waals surface area contributed by atoms with Crippen LogP contribution in [0.1, 0.15) is 31.6 Å². The average Bonchev–Trinajstić information content (AvgIpc) is 3.03. The van der Waals surface area contributed by atoms with E-state index in [4.69, 9.17) is 0 Å². The van der Waals surface area contributed by atoms with Crippen molar-refractivity contribution in [3.8, 4) is 0 Å². The molecule has 5 nitrogen and oxygen atoms in total. The Hall–Kier alpha value is -1.62. The van der Waals surface area contributed by atoms with Gasteiger partial charge in [0, 0.05) is 24.8 Å². The first-order valence-electron chi connectivity index (χ1n) is 5.68. The molecule has 2 atom stereocenters. The van der Waals surface area contributed by atoms with Crippen LogP contribution in [0.4, 0.5) is 0 Å². The van der Waals surface area contributed by atoms with E-state index in [1.807, 2.05) is 46.3 Å². The molecule has 5 heteroatoms. The van der Waals surface area contributed by atoms with Crippen molar-refractivity contribution in [2.45, 2.75) is 31.6 Å². The van der Waals surface area contributed by atoms with Crippen LogP contribution in [-0.2, 0) is 0 Å². The Balaban J connectivity index is 1.75. The van der Waals surface area contributed by atoms with E-state index in [1.165, 1.54) is 6.42 Å². The number of nitrogens with one attached hydrogen (secondary N) is 1. The Morgan fingerprint density at radius 3 is 1.94 bits per heavy atom. The number of piperidine rings is 1. The molecule has 0 aliphatic carbocycles. The Kier molecular flexibility index (Phi) is 2.46. The van der Waals surface area contributed by atoms with E-state index in [9.17, 15) is 0 Å². The van der Waals surface area contributed by atoms with Crippen molar-refractivity contribution in [2.24, 2.45) is 0 Å². The number of rotatable bonds is 2. The molecule has 1 saturated heterocycles. The predicted molar refractivity (Wildman–Crippen MR) is 59.5 cm³/mol. The number of hydrogen-bond donors (Lipinski definition) is 1. The minimum atomic E-state index is 0.290. The molecule has 16 heavy (non-hydrogen) atoms. The van der Waals surface area contributed by atoms with E-state index in [0.717, 1.165) is 12.8 Å². The second-order valence-corrected chi connectivity index (χ2v) is 4.10. The fraction of sp³-hybridized carbons (Fsp3) is 0.455. The average molecular weight is 217 g/mol. The maximum Gasteiger partial charge on any atom is 0.103 e. The van der Waals surface area contributed by atoms with Gasteiger partial charge in [0.15, 0.2) is 0 Å². The van der Waals surface area contributed by atoms with Gasteiger partial charge < -0.3 is 0 Å². The lowest BCUT2D eigenvalue weighted by Gasteiger charge is -2.31. The van der Waals surface area contributed by atoms with Gasteiger partial charge in [-0.3, -0.25) is 14.7 Å². The normalized spacial score (nSPS) is 25.8. The van der Waals surface area contributed by atoms with Crippen molar-refractivity contribution in [3.63, 3.8) is 0 Å². The molecular formula is C11H15N5. The zero-order chi connectivity index (χ0) is 10.8. The molecule has 0 aromatic carbocycles. The van der Waals surface area contributed by atoms with Crippen LogP contribution in [0.15, 0.2) is 36.9 Å². The highest BCUT2D eigenvalue weighted by molar-refractivity contribution is 4.86. The fourth-order valence-corrected chi connectivity index (χ4v) is 2.24. The monoisotopic (exact) mass is 217 g/mol. The quantitative estimate of drug-likeness (QED) is 0.830. The minimum Gasteiger partial charge on any atom is -0.274 e. The SMILES string of the molecule is c1cnn(C2CCCC(n3cccn3)N2)c1. The summed E-state index contributed by atoms with van der Waals surface area (Å²) in [5.74, 6) is 0. The first-order valence-corrected chi connectivity index (χ1v) is 5.68. The van der Waals surface area contributed by atoms with Crippen molar-refractivity contribution in [1.82, 2.24) is 24.9 Å². The molecule has 1 aliphatic heterocycles. The maximum absolute atomic E-state index is 4.28.